The van der Waals surface area contributed by atoms with Gasteiger partial charge in [-0.05, 0) is 38.3 Å². The molecule has 0 saturated carbocycles. The second kappa shape index (κ2) is 7.74. The first kappa shape index (κ1) is 15.4. The summed E-state index contributed by atoms with van der Waals surface area (Å²) >= 11 is 1.56. The molecular weight excluding hydrogens is 262 g/mol. The van der Waals surface area contributed by atoms with Crippen LogP contribution in [0, 0.1) is 0 Å². The molecule has 1 rings (SSSR count). The normalized spacial score (nSPS) is 10.9. The minimum atomic E-state index is -0.380. The third-order valence-corrected chi connectivity index (χ3v) is 3.28. The van der Waals surface area contributed by atoms with E-state index >= 15 is 0 Å². The lowest BCUT2D eigenvalue weighted by Gasteiger charge is -2.24. The molecule has 0 bridgehead atoms. The van der Waals surface area contributed by atoms with Crippen LogP contribution in [-0.2, 0) is 14.3 Å². The molecule has 0 N–H and O–H groups in total. The number of hydrogen-bond acceptors (Lipinski definition) is 4. The van der Waals surface area contributed by atoms with Crippen LogP contribution in [0.4, 0.5) is 0 Å². The lowest BCUT2D eigenvalue weighted by atomic mass is 10.3. The first-order chi connectivity index (χ1) is 9.04. The second-order valence-corrected chi connectivity index (χ2v) is 5.19. The molecule has 1 heterocycles. The van der Waals surface area contributed by atoms with Gasteiger partial charge in [0.2, 0.25) is 5.91 Å². The van der Waals surface area contributed by atoms with Crippen LogP contribution >= 0.6 is 11.3 Å². The maximum Gasteiger partial charge on any atom is 0.325 e. The molecule has 4 nitrogen and oxygen atoms in total. The molecule has 0 atom stereocenters. The molecule has 0 fully saturated rings. The Bertz CT molecular complexity index is 438. The molecule has 0 aromatic carbocycles. The first-order valence-electron chi connectivity index (χ1n) is 6.22. The monoisotopic (exact) mass is 281 g/mol. The summed E-state index contributed by atoms with van der Waals surface area (Å²) in [5, 5.41) is 1.95. The number of carbonyl (C=O) groups excluding carboxylic acids is 2. The number of thiophene rings is 1. The van der Waals surface area contributed by atoms with Gasteiger partial charge in [-0.2, -0.15) is 0 Å². The van der Waals surface area contributed by atoms with Crippen molar-refractivity contribution in [3.8, 4) is 0 Å². The molecule has 0 aliphatic rings. The summed E-state index contributed by atoms with van der Waals surface area (Å²) in [6.45, 7) is 5.80. The van der Waals surface area contributed by atoms with Gasteiger partial charge in [-0.25, -0.2) is 0 Å². The van der Waals surface area contributed by atoms with Gasteiger partial charge in [-0.15, -0.1) is 11.3 Å². The topological polar surface area (TPSA) is 46.6 Å². The van der Waals surface area contributed by atoms with Crippen LogP contribution in [0.5, 0.6) is 0 Å². The zero-order valence-corrected chi connectivity index (χ0v) is 12.3. The van der Waals surface area contributed by atoms with Gasteiger partial charge in [-0.3, -0.25) is 9.59 Å². The van der Waals surface area contributed by atoms with E-state index < -0.39 is 0 Å². The zero-order chi connectivity index (χ0) is 14.3. The lowest BCUT2D eigenvalue weighted by molar-refractivity contribution is -0.148. The van der Waals surface area contributed by atoms with Crippen LogP contribution in [0.2, 0.25) is 0 Å². The van der Waals surface area contributed by atoms with Gasteiger partial charge >= 0.3 is 5.97 Å². The molecule has 0 radical (unpaired) electrons. The smallest absolute Gasteiger partial charge is 0.325 e. The summed E-state index contributed by atoms with van der Waals surface area (Å²) < 4.78 is 4.87. The molecule has 0 saturated heterocycles. The fourth-order valence-electron chi connectivity index (χ4n) is 1.50. The minimum Gasteiger partial charge on any atom is -0.465 e. The summed E-state index contributed by atoms with van der Waals surface area (Å²) in [7, 11) is 0. The third kappa shape index (κ3) is 5.26. The van der Waals surface area contributed by atoms with Crippen molar-refractivity contribution in [3.05, 3.63) is 28.5 Å². The molecule has 1 aromatic rings. The number of nitrogens with zero attached hydrogens (tertiary/aromatic N) is 1. The minimum absolute atomic E-state index is 0.0148. The second-order valence-electron chi connectivity index (χ2n) is 4.21. The van der Waals surface area contributed by atoms with Crippen LogP contribution in [0.15, 0.2) is 23.6 Å². The Hall–Kier alpha value is -1.62. The fourth-order valence-corrected chi connectivity index (χ4v) is 2.11. The van der Waals surface area contributed by atoms with Gasteiger partial charge in [0.05, 0.1) is 6.61 Å². The summed E-state index contributed by atoms with van der Waals surface area (Å²) in [6.07, 6.45) is 3.25. The fraction of sp³-hybridized carbons (Fsp3) is 0.429. The van der Waals surface area contributed by atoms with Crippen molar-refractivity contribution in [1.29, 1.82) is 0 Å². The van der Waals surface area contributed by atoms with Crippen LogP contribution < -0.4 is 0 Å². The molecule has 1 aromatic heterocycles. The predicted octanol–water partition coefficient (Wildman–Crippen LogP) is 2.56. The maximum absolute atomic E-state index is 12.1. The van der Waals surface area contributed by atoms with Crippen molar-refractivity contribution in [1.82, 2.24) is 4.90 Å². The van der Waals surface area contributed by atoms with Crippen LogP contribution in [-0.4, -0.2) is 36.0 Å². The number of carbonyl (C=O) groups is 2. The highest BCUT2D eigenvalue weighted by Gasteiger charge is 2.18. The van der Waals surface area contributed by atoms with E-state index in [0.717, 1.165) is 4.88 Å². The number of esters is 1. The Morgan fingerprint density at radius 2 is 2.21 bits per heavy atom. The quantitative estimate of drug-likeness (QED) is 0.594. The highest BCUT2D eigenvalue weighted by molar-refractivity contribution is 7.10. The summed E-state index contributed by atoms with van der Waals surface area (Å²) in [6, 6.07) is 3.80. The molecule has 1 amide bonds. The third-order valence-electron chi connectivity index (χ3n) is 2.44. The van der Waals surface area contributed by atoms with E-state index in [4.69, 9.17) is 4.74 Å². The molecule has 0 aliphatic carbocycles. The van der Waals surface area contributed by atoms with E-state index in [9.17, 15) is 9.59 Å². The van der Waals surface area contributed by atoms with Crippen LogP contribution in [0.1, 0.15) is 25.6 Å². The lowest BCUT2D eigenvalue weighted by Crippen LogP contribution is -2.40. The van der Waals surface area contributed by atoms with Crippen molar-refractivity contribution in [3.63, 3.8) is 0 Å². The van der Waals surface area contributed by atoms with Gasteiger partial charge in [0, 0.05) is 17.0 Å². The van der Waals surface area contributed by atoms with E-state index in [1.807, 2.05) is 31.4 Å². The first-order valence-corrected chi connectivity index (χ1v) is 7.10. The highest BCUT2D eigenvalue weighted by atomic mass is 32.1. The largest absolute Gasteiger partial charge is 0.465 e. The summed E-state index contributed by atoms with van der Waals surface area (Å²) in [5.74, 6) is -0.564. The molecule has 0 unspecified atom stereocenters. The van der Waals surface area contributed by atoms with Gasteiger partial charge in [0.15, 0.2) is 0 Å². The Balaban J connectivity index is 2.65. The Morgan fingerprint density at radius 1 is 1.47 bits per heavy atom. The maximum atomic E-state index is 12.1. The Kier molecular flexibility index (Phi) is 6.29. The van der Waals surface area contributed by atoms with E-state index in [1.54, 1.807) is 24.3 Å². The molecule has 5 heteroatoms. The zero-order valence-electron chi connectivity index (χ0n) is 11.5. The highest BCUT2D eigenvalue weighted by Crippen LogP contribution is 2.11. The molecule has 0 aliphatic heterocycles. The van der Waals surface area contributed by atoms with Gasteiger partial charge < -0.3 is 9.64 Å². The number of amides is 1. The van der Waals surface area contributed by atoms with E-state index in [2.05, 4.69) is 0 Å². The number of ether oxygens (including phenoxy) is 1. The van der Waals surface area contributed by atoms with Gasteiger partial charge in [0.1, 0.15) is 6.54 Å². The van der Waals surface area contributed by atoms with Gasteiger partial charge in [-0.1, -0.05) is 6.07 Å². The number of rotatable bonds is 6. The van der Waals surface area contributed by atoms with Crippen molar-refractivity contribution in [2.45, 2.75) is 26.8 Å². The summed E-state index contributed by atoms with van der Waals surface area (Å²) in [5.41, 5.74) is 0. The summed E-state index contributed by atoms with van der Waals surface area (Å²) in [4.78, 5) is 26.0. The van der Waals surface area contributed by atoms with Crippen molar-refractivity contribution >= 4 is 29.3 Å². The number of hydrogen-bond donors (Lipinski definition) is 0. The SMILES string of the molecule is CCOC(=O)CN(C(=O)/C=C/c1cccs1)C(C)C. The van der Waals surface area contributed by atoms with E-state index in [1.165, 1.54) is 11.0 Å². The molecular formula is C14H19NO3S. The van der Waals surface area contributed by atoms with Crippen molar-refractivity contribution in [2.75, 3.05) is 13.2 Å². The van der Waals surface area contributed by atoms with E-state index in [-0.39, 0.29) is 24.5 Å². The standard InChI is InChI=1S/C14H19NO3S/c1-4-18-14(17)10-15(11(2)3)13(16)8-7-12-6-5-9-19-12/h5-9,11H,4,10H2,1-3H3/b8-7+. The Labute approximate surface area is 117 Å². The van der Waals surface area contributed by atoms with Crippen LogP contribution in [0.3, 0.4) is 0 Å². The average Bonchev–Trinajstić information content (AvgIpc) is 2.86. The van der Waals surface area contributed by atoms with Gasteiger partial charge in [0.25, 0.3) is 0 Å². The molecule has 104 valence electrons. The van der Waals surface area contributed by atoms with Crippen molar-refractivity contribution < 1.29 is 14.3 Å². The predicted molar refractivity (Wildman–Crippen MR) is 76.8 cm³/mol. The van der Waals surface area contributed by atoms with Crippen molar-refractivity contribution in [2.24, 2.45) is 0 Å². The van der Waals surface area contributed by atoms with E-state index in [0.29, 0.717) is 6.61 Å². The Morgan fingerprint density at radius 3 is 2.74 bits per heavy atom. The molecule has 0 spiro atoms. The average molecular weight is 281 g/mol. The molecule has 19 heavy (non-hydrogen) atoms. The van der Waals surface area contributed by atoms with Crippen LogP contribution in [0.25, 0.3) is 6.08 Å².